The molecule has 0 bridgehead atoms. The third-order valence-corrected chi connectivity index (χ3v) is 3.21. The van der Waals surface area contributed by atoms with Crippen LogP contribution in [0.15, 0.2) is 24.3 Å². The SMILES string of the molecule is COc1ccccc1C(O)C1OCCC1C. The molecule has 1 aromatic rings. The van der Waals surface area contributed by atoms with Crippen LogP contribution in [0.3, 0.4) is 0 Å². The molecule has 3 heteroatoms. The van der Waals surface area contributed by atoms with Gasteiger partial charge in [0.2, 0.25) is 0 Å². The first-order valence-electron chi connectivity index (χ1n) is 5.66. The van der Waals surface area contributed by atoms with Gasteiger partial charge in [0.15, 0.2) is 0 Å². The lowest BCUT2D eigenvalue weighted by Crippen LogP contribution is -2.23. The van der Waals surface area contributed by atoms with Gasteiger partial charge in [-0.2, -0.15) is 0 Å². The van der Waals surface area contributed by atoms with E-state index in [1.54, 1.807) is 7.11 Å². The van der Waals surface area contributed by atoms with Crippen molar-refractivity contribution in [2.75, 3.05) is 13.7 Å². The van der Waals surface area contributed by atoms with E-state index in [1.807, 2.05) is 24.3 Å². The Morgan fingerprint density at radius 3 is 2.81 bits per heavy atom. The molecule has 3 unspecified atom stereocenters. The van der Waals surface area contributed by atoms with Gasteiger partial charge in [0.1, 0.15) is 11.9 Å². The highest BCUT2D eigenvalue weighted by molar-refractivity contribution is 5.35. The number of para-hydroxylation sites is 1. The Labute approximate surface area is 96.0 Å². The summed E-state index contributed by atoms with van der Waals surface area (Å²) in [5, 5.41) is 10.3. The number of aliphatic hydroxyl groups excluding tert-OH is 1. The molecule has 1 aliphatic heterocycles. The zero-order valence-corrected chi connectivity index (χ0v) is 9.72. The highest BCUT2D eigenvalue weighted by Gasteiger charge is 2.33. The van der Waals surface area contributed by atoms with Crippen molar-refractivity contribution in [3.63, 3.8) is 0 Å². The molecule has 0 spiro atoms. The minimum atomic E-state index is -0.603. The largest absolute Gasteiger partial charge is 0.496 e. The molecular formula is C13H18O3. The first-order chi connectivity index (χ1) is 7.74. The maximum atomic E-state index is 10.3. The van der Waals surface area contributed by atoms with Gasteiger partial charge in [-0.05, 0) is 18.4 Å². The van der Waals surface area contributed by atoms with E-state index in [9.17, 15) is 5.11 Å². The van der Waals surface area contributed by atoms with E-state index >= 15 is 0 Å². The Morgan fingerprint density at radius 2 is 2.19 bits per heavy atom. The van der Waals surface area contributed by atoms with E-state index < -0.39 is 6.10 Å². The molecule has 2 rings (SSSR count). The van der Waals surface area contributed by atoms with Crippen molar-refractivity contribution in [3.05, 3.63) is 29.8 Å². The van der Waals surface area contributed by atoms with Gasteiger partial charge in [0, 0.05) is 12.2 Å². The van der Waals surface area contributed by atoms with Crippen LogP contribution in [0.25, 0.3) is 0 Å². The second-order valence-electron chi connectivity index (χ2n) is 4.29. The molecule has 0 aliphatic carbocycles. The van der Waals surface area contributed by atoms with Crippen LogP contribution in [0, 0.1) is 5.92 Å². The summed E-state index contributed by atoms with van der Waals surface area (Å²) in [6.45, 7) is 2.84. The number of hydrogen-bond donors (Lipinski definition) is 1. The second kappa shape index (κ2) is 4.85. The Morgan fingerprint density at radius 1 is 1.44 bits per heavy atom. The van der Waals surface area contributed by atoms with Crippen LogP contribution in [0.1, 0.15) is 25.0 Å². The maximum Gasteiger partial charge on any atom is 0.124 e. The van der Waals surface area contributed by atoms with E-state index in [2.05, 4.69) is 6.92 Å². The molecule has 1 heterocycles. The lowest BCUT2D eigenvalue weighted by molar-refractivity contribution is -0.0187. The summed E-state index contributed by atoms with van der Waals surface area (Å²) in [4.78, 5) is 0. The van der Waals surface area contributed by atoms with Gasteiger partial charge in [-0.1, -0.05) is 25.1 Å². The summed E-state index contributed by atoms with van der Waals surface area (Å²) in [5.74, 6) is 1.11. The number of methoxy groups -OCH3 is 1. The van der Waals surface area contributed by atoms with E-state index in [0.29, 0.717) is 5.92 Å². The fourth-order valence-electron chi connectivity index (χ4n) is 2.21. The first-order valence-corrected chi connectivity index (χ1v) is 5.66. The summed E-state index contributed by atoms with van der Waals surface area (Å²) in [5.41, 5.74) is 0.809. The Balaban J connectivity index is 2.22. The normalized spacial score (nSPS) is 26.7. The predicted octanol–water partition coefficient (Wildman–Crippen LogP) is 2.15. The average molecular weight is 222 g/mol. The second-order valence-corrected chi connectivity index (χ2v) is 4.29. The smallest absolute Gasteiger partial charge is 0.124 e. The summed E-state index contributed by atoms with van der Waals surface area (Å²) < 4.78 is 10.8. The number of benzene rings is 1. The molecule has 1 aromatic carbocycles. The molecule has 0 saturated carbocycles. The number of hydrogen-bond acceptors (Lipinski definition) is 3. The van der Waals surface area contributed by atoms with Gasteiger partial charge in [0.25, 0.3) is 0 Å². The quantitative estimate of drug-likeness (QED) is 0.851. The zero-order valence-electron chi connectivity index (χ0n) is 9.72. The van der Waals surface area contributed by atoms with Gasteiger partial charge in [-0.25, -0.2) is 0 Å². The first kappa shape index (κ1) is 11.4. The van der Waals surface area contributed by atoms with Crippen molar-refractivity contribution in [2.24, 2.45) is 5.92 Å². The van der Waals surface area contributed by atoms with E-state index in [-0.39, 0.29) is 6.10 Å². The summed E-state index contributed by atoms with van der Waals surface area (Å²) >= 11 is 0. The average Bonchev–Trinajstić information content (AvgIpc) is 2.74. The van der Waals surface area contributed by atoms with Crippen LogP contribution in [0.5, 0.6) is 5.75 Å². The molecule has 1 saturated heterocycles. The predicted molar refractivity (Wildman–Crippen MR) is 61.5 cm³/mol. The summed E-state index contributed by atoms with van der Waals surface area (Å²) in [7, 11) is 1.62. The molecule has 1 aliphatic rings. The molecule has 1 fully saturated rings. The maximum absolute atomic E-state index is 10.3. The van der Waals surface area contributed by atoms with E-state index in [1.165, 1.54) is 0 Å². The van der Waals surface area contributed by atoms with Crippen LogP contribution in [0.4, 0.5) is 0 Å². The van der Waals surface area contributed by atoms with Crippen molar-refractivity contribution in [1.29, 1.82) is 0 Å². The standard InChI is InChI=1S/C13H18O3/c1-9-7-8-16-13(9)12(14)10-5-3-4-6-11(10)15-2/h3-6,9,12-14H,7-8H2,1-2H3. The molecule has 3 atom stereocenters. The van der Waals surface area contributed by atoms with Crippen molar-refractivity contribution in [2.45, 2.75) is 25.6 Å². The van der Waals surface area contributed by atoms with Gasteiger partial charge < -0.3 is 14.6 Å². The minimum absolute atomic E-state index is 0.115. The lowest BCUT2D eigenvalue weighted by Gasteiger charge is -2.23. The van der Waals surface area contributed by atoms with Crippen LogP contribution in [0.2, 0.25) is 0 Å². The van der Waals surface area contributed by atoms with Gasteiger partial charge in [-0.15, -0.1) is 0 Å². The summed E-state index contributed by atoms with van der Waals surface area (Å²) in [6, 6.07) is 7.55. The number of aliphatic hydroxyl groups is 1. The number of ether oxygens (including phenoxy) is 2. The Hall–Kier alpha value is -1.06. The third kappa shape index (κ3) is 2.06. The fourth-order valence-corrected chi connectivity index (χ4v) is 2.21. The van der Waals surface area contributed by atoms with Crippen LogP contribution >= 0.6 is 0 Å². The monoisotopic (exact) mass is 222 g/mol. The molecule has 0 aromatic heterocycles. The molecular weight excluding hydrogens is 204 g/mol. The lowest BCUT2D eigenvalue weighted by atomic mass is 9.94. The highest BCUT2D eigenvalue weighted by atomic mass is 16.5. The Bertz CT molecular complexity index is 351. The van der Waals surface area contributed by atoms with Crippen molar-refractivity contribution >= 4 is 0 Å². The van der Waals surface area contributed by atoms with Gasteiger partial charge >= 0.3 is 0 Å². The van der Waals surface area contributed by atoms with Crippen LogP contribution in [-0.2, 0) is 4.74 Å². The molecule has 3 nitrogen and oxygen atoms in total. The van der Waals surface area contributed by atoms with Gasteiger partial charge in [-0.3, -0.25) is 0 Å². The van der Waals surface area contributed by atoms with Crippen LogP contribution < -0.4 is 4.74 Å². The van der Waals surface area contributed by atoms with Gasteiger partial charge in [0.05, 0.1) is 13.2 Å². The topological polar surface area (TPSA) is 38.7 Å². The zero-order chi connectivity index (χ0) is 11.5. The molecule has 0 radical (unpaired) electrons. The summed E-state index contributed by atoms with van der Waals surface area (Å²) in [6.07, 6.45) is 0.293. The third-order valence-electron chi connectivity index (χ3n) is 3.21. The van der Waals surface area contributed by atoms with Crippen molar-refractivity contribution < 1.29 is 14.6 Å². The number of rotatable bonds is 3. The van der Waals surface area contributed by atoms with E-state index in [0.717, 1.165) is 24.3 Å². The minimum Gasteiger partial charge on any atom is -0.496 e. The molecule has 0 amide bonds. The van der Waals surface area contributed by atoms with Crippen molar-refractivity contribution in [1.82, 2.24) is 0 Å². The Kier molecular flexibility index (Phi) is 3.46. The highest BCUT2D eigenvalue weighted by Crippen LogP contribution is 2.34. The van der Waals surface area contributed by atoms with Crippen molar-refractivity contribution in [3.8, 4) is 5.75 Å². The van der Waals surface area contributed by atoms with E-state index in [4.69, 9.17) is 9.47 Å². The molecule has 88 valence electrons. The molecule has 16 heavy (non-hydrogen) atoms. The molecule has 1 N–H and O–H groups in total. The van der Waals surface area contributed by atoms with Crippen LogP contribution in [-0.4, -0.2) is 24.9 Å². The fraction of sp³-hybridized carbons (Fsp3) is 0.538.